The first-order valence-electron chi connectivity index (χ1n) is 5.88. The lowest BCUT2D eigenvalue weighted by molar-refractivity contribution is 0.0600. The van der Waals surface area contributed by atoms with Crippen LogP contribution in [0.2, 0.25) is 0 Å². The number of halogens is 2. The van der Waals surface area contributed by atoms with Crippen LogP contribution in [0.4, 0.5) is 8.78 Å². The van der Waals surface area contributed by atoms with Crippen molar-refractivity contribution in [3.63, 3.8) is 0 Å². The van der Waals surface area contributed by atoms with Crippen LogP contribution in [-0.4, -0.2) is 22.3 Å². The number of carbonyl (C=O) groups is 1. The van der Waals surface area contributed by atoms with E-state index in [-0.39, 0.29) is 16.2 Å². The molecule has 2 rings (SSSR count). The van der Waals surface area contributed by atoms with Gasteiger partial charge in [0.25, 0.3) is 0 Å². The van der Waals surface area contributed by atoms with E-state index in [0.29, 0.717) is 5.69 Å². The minimum atomic E-state index is -1.56. The summed E-state index contributed by atoms with van der Waals surface area (Å²) in [5.74, 6) is -2.52. The Morgan fingerprint density at radius 3 is 2.57 bits per heavy atom. The molecular formula is C14H11F2NO3S. The van der Waals surface area contributed by atoms with E-state index in [0.717, 1.165) is 12.1 Å². The smallest absolute Gasteiger partial charge is 0.339 e. The maximum atomic E-state index is 13.1. The van der Waals surface area contributed by atoms with E-state index in [1.54, 1.807) is 0 Å². The van der Waals surface area contributed by atoms with Crippen LogP contribution in [-0.2, 0) is 21.3 Å². The summed E-state index contributed by atoms with van der Waals surface area (Å²) in [5.41, 5.74) is 0.741. The van der Waals surface area contributed by atoms with Gasteiger partial charge >= 0.3 is 5.97 Å². The standard InChI is InChI=1S/C14H11F2NO3S/c1-20-14(18)9-2-3-10(17-7-9)8-21(19)11-4-5-12(15)13(16)6-11/h2-7H,8H2,1H3. The van der Waals surface area contributed by atoms with E-state index >= 15 is 0 Å². The highest BCUT2D eigenvalue weighted by molar-refractivity contribution is 7.84. The highest BCUT2D eigenvalue weighted by Crippen LogP contribution is 2.15. The summed E-state index contributed by atoms with van der Waals surface area (Å²) in [7, 11) is -0.299. The molecule has 0 aliphatic carbocycles. The van der Waals surface area contributed by atoms with Crippen LogP contribution < -0.4 is 0 Å². The summed E-state index contributed by atoms with van der Waals surface area (Å²) in [5, 5.41) is 0. The molecule has 0 N–H and O–H groups in total. The van der Waals surface area contributed by atoms with Gasteiger partial charge in [-0.15, -0.1) is 0 Å². The monoisotopic (exact) mass is 311 g/mol. The van der Waals surface area contributed by atoms with Crippen molar-refractivity contribution in [3.05, 3.63) is 59.4 Å². The zero-order chi connectivity index (χ0) is 15.4. The fraction of sp³-hybridized carbons (Fsp3) is 0.143. The molecule has 0 spiro atoms. The number of hydrogen-bond donors (Lipinski definition) is 0. The third-order valence-corrected chi connectivity index (χ3v) is 4.02. The first-order chi connectivity index (χ1) is 10.0. The number of rotatable bonds is 4. The molecule has 1 aromatic heterocycles. The van der Waals surface area contributed by atoms with Crippen molar-refractivity contribution in [2.45, 2.75) is 10.6 Å². The summed E-state index contributed by atoms with van der Waals surface area (Å²) in [6.45, 7) is 0. The molecule has 0 aliphatic heterocycles. The van der Waals surface area contributed by atoms with Crippen molar-refractivity contribution in [2.24, 2.45) is 0 Å². The number of ether oxygens (including phenoxy) is 1. The molecule has 1 unspecified atom stereocenters. The number of benzene rings is 1. The number of esters is 1. The fourth-order valence-electron chi connectivity index (χ4n) is 1.58. The predicted molar refractivity (Wildman–Crippen MR) is 72.0 cm³/mol. The van der Waals surface area contributed by atoms with Crippen molar-refractivity contribution in [1.29, 1.82) is 0 Å². The van der Waals surface area contributed by atoms with Crippen LogP contribution in [0.15, 0.2) is 41.4 Å². The van der Waals surface area contributed by atoms with Crippen LogP contribution >= 0.6 is 0 Å². The van der Waals surface area contributed by atoms with Gasteiger partial charge in [-0.05, 0) is 30.3 Å². The highest BCUT2D eigenvalue weighted by Gasteiger charge is 2.11. The molecule has 4 nitrogen and oxygen atoms in total. The third-order valence-electron chi connectivity index (χ3n) is 2.68. The zero-order valence-electron chi connectivity index (χ0n) is 11.0. The minimum absolute atomic E-state index is 0.0343. The Morgan fingerprint density at radius 1 is 1.24 bits per heavy atom. The molecule has 110 valence electrons. The zero-order valence-corrected chi connectivity index (χ0v) is 11.8. The van der Waals surface area contributed by atoms with Crippen molar-refractivity contribution in [1.82, 2.24) is 4.98 Å². The molecule has 7 heteroatoms. The maximum Gasteiger partial charge on any atom is 0.339 e. The SMILES string of the molecule is COC(=O)c1ccc(CS(=O)c2ccc(F)c(F)c2)nc1. The number of pyridine rings is 1. The molecule has 2 aromatic rings. The van der Waals surface area contributed by atoms with Gasteiger partial charge in [-0.3, -0.25) is 9.19 Å². The second kappa shape index (κ2) is 6.53. The lowest BCUT2D eigenvalue weighted by Crippen LogP contribution is -2.04. The molecule has 0 saturated carbocycles. The number of methoxy groups -OCH3 is 1. The first-order valence-corrected chi connectivity index (χ1v) is 7.20. The molecule has 21 heavy (non-hydrogen) atoms. The van der Waals surface area contributed by atoms with Crippen LogP contribution in [0, 0.1) is 11.6 Å². The minimum Gasteiger partial charge on any atom is -0.465 e. The fourth-order valence-corrected chi connectivity index (χ4v) is 2.65. The predicted octanol–water partition coefficient (Wildman–Crippen LogP) is 2.45. The number of carbonyl (C=O) groups excluding carboxylic acids is 1. The van der Waals surface area contributed by atoms with Gasteiger partial charge in [0.15, 0.2) is 11.6 Å². The Balaban J connectivity index is 2.12. The molecule has 0 radical (unpaired) electrons. The molecule has 1 aromatic carbocycles. The Morgan fingerprint density at radius 2 is 2.00 bits per heavy atom. The van der Waals surface area contributed by atoms with Crippen molar-refractivity contribution < 1.29 is 22.5 Å². The van der Waals surface area contributed by atoms with Gasteiger partial charge in [0.05, 0.1) is 34.9 Å². The average Bonchev–Trinajstić information content (AvgIpc) is 2.50. The highest BCUT2D eigenvalue weighted by atomic mass is 32.2. The lowest BCUT2D eigenvalue weighted by atomic mass is 10.2. The Labute approximate surface area is 122 Å². The van der Waals surface area contributed by atoms with Gasteiger partial charge in [-0.2, -0.15) is 0 Å². The Hall–Kier alpha value is -2.15. The molecular weight excluding hydrogens is 300 g/mol. The Kier molecular flexibility index (Phi) is 4.74. The van der Waals surface area contributed by atoms with E-state index in [4.69, 9.17) is 0 Å². The quantitative estimate of drug-likeness (QED) is 0.814. The van der Waals surface area contributed by atoms with Crippen LogP contribution in [0.5, 0.6) is 0 Å². The third kappa shape index (κ3) is 3.69. The summed E-state index contributed by atoms with van der Waals surface area (Å²) < 4.78 is 42.5. The van der Waals surface area contributed by atoms with Gasteiger partial charge in [-0.1, -0.05) is 0 Å². The van der Waals surface area contributed by atoms with E-state index in [1.165, 1.54) is 31.5 Å². The summed E-state index contributed by atoms with van der Waals surface area (Å²) >= 11 is 0. The topological polar surface area (TPSA) is 56.3 Å². The second-order valence-electron chi connectivity index (χ2n) is 4.10. The van der Waals surface area contributed by atoms with Gasteiger partial charge in [-0.25, -0.2) is 13.6 Å². The molecule has 1 heterocycles. The normalized spacial score (nSPS) is 12.0. The second-order valence-corrected chi connectivity index (χ2v) is 5.55. The van der Waals surface area contributed by atoms with Crippen LogP contribution in [0.1, 0.15) is 16.1 Å². The maximum absolute atomic E-state index is 13.1. The molecule has 0 saturated heterocycles. The Bertz CT molecular complexity index is 689. The number of nitrogens with zero attached hydrogens (tertiary/aromatic N) is 1. The lowest BCUT2D eigenvalue weighted by Gasteiger charge is -2.04. The van der Waals surface area contributed by atoms with Crippen LogP contribution in [0.25, 0.3) is 0 Å². The molecule has 0 fully saturated rings. The summed E-state index contributed by atoms with van der Waals surface area (Å²) in [6, 6.07) is 6.11. The van der Waals surface area contributed by atoms with Gasteiger partial charge < -0.3 is 4.74 Å². The van der Waals surface area contributed by atoms with Gasteiger partial charge in [0, 0.05) is 11.1 Å². The van der Waals surface area contributed by atoms with Crippen molar-refractivity contribution >= 4 is 16.8 Å². The van der Waals surface area contributed by atoms with Crippen molar-refractivity contribution in [3.8, 4) is 0 Å². The van der Waals surface area contributed by atoms with Gasteiger partial charge in [0.1, 0.15) is 0 Å². The van der Waals surface area contributed by atoms with Gasteiger partial charge in [0.2, 0.25) is 0 Å². The van der Waals surface area contributed by atoms with E-state index in [2.05, 4.69) is 9.72 Å². The molecule has 0 bridgehead atoms. The van der Waals surface area contributed by atoms with E-state index in [9.17, 15) is 17.8 Å². The average molecular weight is 311 g/mol. The molecule has 1 atom stereocenters. The summed E-state index contributed by atoms with van der Waals surface area (Å²) in [4.78, 5) is 15.4. The molecule has 0 aliphatic rings. The van der Waals surface area contributed by atoms with Crippen LogP contribution in [0.3, 0.4) is 0 Å². The largest absolute Gasteiger partial charge is 0.465 e. The molecule has 0 amide bonds. The van der Waals surface area contributed by atoms with Crippen molar-refractivity contribution in [2.75, 3.05) is 7.11 Å². The van der Waals surface area contributed by atoms with E-state index < -0.39 is 28.4 Å². The number of hydrogen-bond acceptors (Lipinski definition) is 4. The number of aromatic nitrogens is 1. The first kappa shape index (κ1) is 15.2. The van der Waals surface area contributed by atoms with E-state index in [1.807, 2.05) is 0 Å². The summed E-state index contributed by atoms with van der Waals surface area (Å²) in [6.07, 6.45) is 1.31.